The van der Waals surface area contributed by atoms with Crippen molar-refractivity contribution in [3.05, 3.63) is 0 Å². The molecule has 0 bridgehead atoms. The summed E-state index contributed by atoms with van der Waals surface area (Å²) in [5.41, 5.74) is 4.97. The van der Waals surface area contributed by atoms with Gasteiger partial charge in [-0.25, -0.2) is 0 Å². The smallest absolute Gasteiger partial charge is 0.0824 e. The Bertz CT molecular complexity index is 165. The first-order valence-corrected chi connectivity index (χ1v) is 5.53. The molecule has 2 atom stereocenters. The Kier molecular flexibility index (Phi) is 4.35. The topological polar surface area (TPSA) is 55.5 Å². The van der Waals surface area contributed by atoms with Gasteiger partial charge in [0.05, 0.1) is 12.2 Å². The molecule has 0 aliphatic heterocycles. The Hall–Kier alpha value is -0.120. The fourth-order valence-corrected chi connectivity index (χ4v) is 2.10. The minimum Gasteiger partial charge on any atom is -0.388 e. The molecule has 0 aromatic rings. The summed E-state index contributed by atoms with van der Waals surface area (Å²) in [7, 11) is 0. The molecule has 0 saturated heterocycles. The second kappa shape index (κ2) is 5.10. The molecule has 3 nitrogen and oxygen atoms in total. The van der Waals surface area contributed by atoms with Crippen LogP contribution in [0.4, 0.5) is 0 Å². The maximum Gasteiger partial charge on any atom is 0.0824 e. The molecule has 3 N–H and O–H groups in total. The first-order valence-electron chi connectivity index (χ1n) is 5.53. The van der Waals surface area contributed by atoms with E-state index >= 15 is 0 Å². The summed E-state index contributed by atoms with van der Waals surface area (Å²) in [5, 5.41) is 9.46. The monoisotopic (exact) mass is 201 g/mol. The van der Waals surface area contributed by atoms with Crippen molar-refractivity contribution >= 4 is 0 Å². The summed E-state index contributed by atoms with van der Waals surface area (Å²) in [6.07, 6.45) is 3.75. The second-order valence-electron chi connectivity index (χ2n) is 5.01. The second-order valence-corrected chi connectivity index (χ2v) is 5.01. The average Bonchev–Trinajstić information content (AvgIpc) is 2.49. The molecule has 0 radical (unpaired) electrons. The van der Waals surface area contributed by atoms with E-state index in [4.69, 9.17) is 10.5 Å². The van der Waals surface area contributed by atoms with Crippen LogP contribution in [0.25, 0.3) is 0 Å². The highest BCUT2D eigenvalue weighted by molar-refractivity contribution is 4.78. The Morgan fingerprint density at radius 2 is 2.00 bits per heavy atom. The van der Waals surface area contributed by atoms with Gasteiger partial charge in [-0.05, 0) is 45.1 Å². The lowest BCUT2D eigenvalue weighted by atomic mass is 9.97. The van der Waals surface area contributed by atoms with E-state index in [1.165, 1.54) is 19.3 Å². The first-order chi connectivity index (χ1) is 6.53. The molecule has 0 aromatic heterocycles. The molecule has 0 heterocycles. The van der Waals surface area contributed by atoms with Gasteiger partial charge in [0.2, 0.25) is 0 Å². The van der Waals surface area contributed by atoms with Gasteiger partial charge in [-0.15, -0.1) is 0 Å². The van der Waals surface area contributed by atoms with Crippen LogP contribution in [0.1, 0.15) is 33.1 Å². The van der Waals surface area contributed by atoms with Gasteiger partial charge in [0.15, 0.2) is 0 Å². The largest absolute Gasteiger partial charge is 0.388 e. The minimum atomic E-state index is -0.711. The number of nitrogens with two attached hydrogens (primary N) is 1. The zero-order valence-electron chi connectivity index (χ0n) is 9.33. The number of aliphatic hydroxyl groups is 1. The van der Waals surface area contributed by atoms with Gasteiger partial charge in [-0.2, -0.15) is 0 Å². The Balaban J connectivity index is 2.18. The van der Waals surface area contributed by atoms with Crippen LogP contribution in [0.15, 0.2) is 0 Å². The maximum atomic E-state index is 9.46. The third kappa shape index (κ3) is 3.95. The molecule has 1 fully saturated rings. The van der Waals surface area contributed by atoms with Gasteiger partial charge in [-0.1, -0.05) is 6.42 Å². The third-order valence-electron chi connectivity index (χ3n) is 2.91. The molecule has 0 spiro atoms. The van der Waals surface area contributed by atoms with Gasteiger partial charge in [0.25, 0.3) is 0 Å². The molecule has 1 aliphatic carbocycles. The molecule has 1 saturated carbocycles. The zero-order valence-corrected chi connectivity index (χ0v) is 9.33. The highest BCUT2D eigenvalue weighted by Crippen LogP contribution is 2.31. The lowest BCUT2D eigenvalue weighted by Gasteiger charge is -2.21. The fraction of sp³-hybridized carbons (Fsp3) is 1.00. The van der Waals surface area contributed by atoms with Crippen LogP contribution in [-0.2, 0) is 4.74 Å². The molecule has 3 heteroatoms. The molecule has 1 aliphatic rings. The Morgan fingerprint density at radius 1 is 1.36 bits per heavy atom. The summed E-state index contributed by atoms with van der Waals surface area (Å²) < 4.78 is 5.51. The van der Waals surface area contributed by atoms with E-state index in [2.05, 4.69) is 0 Å². The van der Waals surface area contributed by atoms with Gasteiger partial charge in [0.1, 0.15) is 0 Å². The number of ether oxygens (including phenoxy) is 1. The van der Waals surface area contributed by atoms with Crippen LogP contribution in [0.2, 0.25) is 0 Å². The van der Waals surface area contributed by atoms with Crippen molar-refractivity contribution in [3.8, 4) is 0 Å². The van der Waals surface area contributed by atoms with Gasteiger partial charge in [0, 0.05) is 6.61 Å². The number of rotatable bonds is 5. The minimum absolute atomic E-state index is 0.417. The normalized spacial score (nSPS) is 28.3. The van der Waals surface area contributed by atoms with Crippen molar-refractivity contribution in [1.82, 2.24) is 0 Å². The van der Waals surface area contributed by atoms with E-state index in [9.17, 15) is 5.11 Å². The van der Waals surface area contributed by atoms with Gasteiger partial charge >= 0.3 is 0 Å². The van der Waals surface area contributed by atoms with E-state index in [1.807, 2.05) is 0 Å². The Labute approximate surface area is 86.6 Å². The summed E-state index contributed by atoms with van der Waals surface area (Å²) in [4.78, 5) is 0. The lowest BCUT2D eigenvalue weighted by molar-refractivity contribution is -0.0334. The number of hydrogen-bond donors (Lipinski definition) is 2. The van der Waals surface area contributed by atoms with Crippen molar-refractivity contribution < 1.29 is 9.84 Å². The van der Waals surface area contributed by atoms with Gasteiger partial charge in [-0.3, -0.25) is 0 Å². The fourth-order valence-electron chi connectivity index (χ4n) is 2.10. The quantitative estimate of drug-likeness (QED) is 0.701. The summed E-state index contributed by atoms with van der Waals surface area (Å²) >= 11 is 0. The van der Waals surface area contributed by atoms with E-state index in [1.54, 1.807) is 13.8 Å². The standard InChI is InChI=1S/C11H23NO2/c1-11(2,13)8-14-7-10-5-3-4-9(10)6-12/h9-10,13H,3-8,12H2,1-2H3. The maximum absolute atomic E-state index is 9.46. The predicted molar refractivity (Wildman–Crippen MR) is 57.0 cm³/mol. The van der Waals surface area contributed by atoms with Gasteiger partial charge < -0.3 is 15.6 Å². The van der Waals surface area contributed by atoms with Crippen molar-refractivity contribution in [2.24, 2.45) is 17.6 Å². The average molecular weight is 201 g/mol. The zero-order chi connectivity index (χ0) is 10.6. The van der Waals surface area contributed by atoms with Crippen LogP contribution >= 0.6 is 0 Å². The lowest BCUT2D eigenvalue weighted by Crippen LogP contribution is -2.29. The molecule has 0 amide bonds. The Morgan fingerprint density at radius 3 is 2.57 bits per heavy atom. The molecule has 84 valence electrons. The predicted octanol–water partition coefficient (Wildman–Crippen LogP) is 1.15. The van der Waals surface area contributed by atoms with E-state index < -0.39 is 5.60 Å². The van der Waals surface area contributed by atoms with E-state index in [-0.39, 0.29) is 0 Å². The molecule has 2 unspecified atom stereocenters. The molecule has 0 aromatic carbocycles. The molecular formula is C11H23NO2. The van der Waals surface area contributed by atoms with Crippen molar-refractivity contribution in [2.75, 3.05) is 19.8 Å². The van der Waals surface area contributed by atoms with Crippen LogP contribution in [0.5, 0.6) is 0 Å². The van der Waals surface area contributed by atoms with Crippen LogP contribution in [-0.4, -0.2) is 30.5 Å². The summed E-state index contributed by atoms with van der Waals surface area (Å²) in [6.45, 7) is 5.48. The van der Waals surface area contributed by atoms with Crippen molar-refractivity contribution in [2.45, 2.75) is 38.7 Å². The summed E-state index contributed by atoms with van der Waals surface area (Å²) in [6, 6.07) is 0. The molecular weight excluding hydrogens is 178 g/mol. The van der Waals surface area contributed by atoms with E-state index in [0.29, 0.717) is 18.4 Å². The SMILES string of the molecule is CC(C)(O)COCC1CCCC1CN. The molecule has 1 rings (SSSR count). The number of hydrogen-bond acceptors (Lipinski definition) is 3. The third-order valence-corrected chi connectivity index (χ3v) is 2.91. The highest BCUT2D eigenvalue weighted by Gasteiger charge is 2.26. The van der Waals surface area contributed by atoms with Crippen molar-refractivity contribution in [1.29, 1.82) is 0 Å². The first kappa shape index (κ1) is 12.0. The van der Waals surface area contributed by atoms with Crippen LogP contribution in [0, 0.1) is 11.8 Å². The van der Waals surface area contributed by atoms with Crippen molar-refractivity contribution in [3.63, 3.8) is 0 Å². The summed E-state index contributed by atoms with van der Waals surface area (Å²) in [5.74, 6) is 1.25. The van der Waals surface area contributed by atoms with Crippen LogP contribution < -0.4 is 5.73 Å². The van der Waals surface area contributed by atoms with Crippen LogP contribution in [0.3, 0.4) is 0 Å². The molecule has 14 heavy (non-hydrogen) atoms. The highest BCUT2D eigenvalue weighted by atomic mass is 16.5. The van der Waals surface area contributed by atoms with E-state index in [0.717, 1.165) is 13.2 Å².